The highest BCUT2D eigenvalue weighted by atomic mass is 16.2. The fourth-order valence-corrected chi connectivity index (χ4v) is 1.63. The number of anilines is 1. The van der Waals surface area contributed by atoms with Gasteiger partial charge in [0.2, 0.25) is 5.96 Å². The van der Waals surface area contributed by atoms with Gasteiger partial charge in [-0.2, -0.15) is 0 Å². The van der Waals surface area contributed by atoms with E-state index in [1.54, 1.807) is 11.9 Å². The summed E-state index contributed by atoms with van der Waals surface area (Å²) in [4.78, 5) is 17.3. The van der Waals surface area contributed by atoms with Crippen LogP contribution in [0.15, 0.2) is 29.3 Å². The van der Waals surface area contributed by atoms with Crippen LogP contribution in [0.2, 0.25) is 0 Å². The number of hydrogen-bond acceptors (Lipinski definition) is 2. The molecule has 1 aliphatic rings. The molecule has 1 fully saturated rings. The van der Waals surface area contributed by atoms with Gasteiger partial charge >= 0.3 is 6.03 Å². The van der Waals surface area contributed by atoms with E-state index in [0.717, 1.165) is 11.3 Å². The number of rotatable bonds is 1. The number of carbonyl (C=O) groups is 1. The maximum Gasteiger partial charge on any atom is 0.330 e. The van der Waals surface area contributed by atoms with Gasteiger partial charge in [0, 0.05) is 7.05 Å². The highest BCUT2D eigenvalue weighted by molar-refractivity contribution is 6.06. The Kier molecular flexibility index (Phi) is 2.76. The average molecular weight is 218 g/mol. The summed E-state index contributed by atoms with van der Waals surface area (Å²) in [5.41, 5.74) is 1.97. The second-order valence-electron chi connectivity index (χ2n) is 3.55. The zero-order valence-corrected chi connectivity index (χ0v) is 9.32. The van der Waals surface area contributed by atoms with Crippen LogP contribution in [0.25, 0.3) is 0 Å². The Morgan fingerprint density at radius 1 is 1.38 bits per heavy atom. The summed E-state index contributed by atoms with van der Waals surface area (Å²) in [6, 6.07) is 7.61. The Morgan fingerprint density at radius 2 is 2.12 bits per heavy atom. The molecule has 5 nitrogen and oxygen atoms in total. The molecule has 1 aliphatic heterocycles. The quantitative estimate of drug-likeness (QED) is 0.740. The Morgan fingerprint density at radius 3 is 2.75 bits per heavy atom. The molecule has 0 radical (unpaired) electrons. The number of para-hydroxylation sites is 1. The zero-order valence-electron chi connectivity index (χ0n) is 9.32. The van der Waals surface area contributed by atoms with Crippen LogP contribution < -0.4 is 15.5 Å². The van der Waals surface area contributed by atoms with Crippen molar-refractivity contribution >= 4 is 17.7 Å². The maximum absolute atomic E-state index is 11.8. The van der Waals surface area contributed by atoms with Crippen LogP contribution in [0.5, 0.6) is 0 Å². The first-order valence-corrected chi connectivity index (χ1v) is 5.07. The summed E-state index contributed by atoms with van der Waals surface area (Å²) in [5.74, 6) is 0.509. The van der Waals surface area contributed by atoms with Crippen LogP contribution in [0, 0.1) is 6.92 Å². The summed E-state index contributed by atoms with van der Waals surface area (Å²) in [5, 5.41) is 5.69. The number of amides is 2. The van der Waals surface area contributed by atoms with Gasteiger partial charge in [0.1, 0.15) is 0 Å². The lowest BCUT2D eigenvalue weighted by atomic mass is 10.2. The molecule has 1 aromatic carbocycles. The smallest absolute Gasteiger partial charge is 0.330 e. The second-order valence-corrected chi connectivity index (χ2v) is 3.55. The Balaban J connectivity index is 2.24. The van der Waals surface area contributed by atoms with Crippen molar-refractivity contribution in [1.82, 2.24) is 10.6 Å². The summed E-state index contributed by atoms with van der Waals surface area (Å²) in [6.45, 7) is 2.41. The summed E-state index contributed by atoms with van der Waals surface area (Å²) < 4.78 is 0. The largest absolute Gasteiger partial charge is 0.338 e. The number of guanidine groups is 1. The Hall–Kier alpha value is -2.04. The third-order valence-electron chi connectivity index (χ3n) is 2.50. The van der Waals surface area contributed by atoms with Crippen LogP contribution in [0.3, 0.4) is 0 Å². The van der Waals surface area contributed by atoms with Crippen molar-refractivity contribution in [2.75, 3.05) is 18.6 Å². The molecule has 1 aromatic rings. The van der Waals surface area contributed by atoms with E-state index in [1.807, 2.05) is 31.2 Å². The minimum absolute atomic E-state index is 0.159. The van der Waals surface area contributed by atoms with Crippen LogP contribution in [0.4, 0.5) is 10.5 Å². The zero-order chi connectivity index (χ0) is 11.5. The molecule has 0 atom stereocenters. The summed E-state index contributed by atoms with van der Waals surface area (Å²) >= 11 is 0. The number of aryl methyl sites for hydroxylation is 1. The van der Waals surface area contributed by atoms with Gasteiger partial charge in [0.25, 0.3) is 0 Å². The van der Waals surface area contributed by atoms with Gasteiger partial charge in [0.15, 0.2) is 0 Å². The van der Waals surface area contributed by atoms with Crippen molar-refractivity contribution in [2.45, 2.75) is 6.92 Å². The first kappa shape index (κ1) is 10.5. The molecule has 0 aliphatic carbocycles. The summed E-state index contributed by atoms with van der Waals surface area (Å²) in [7, 11) is 1.63. The molecular weight excluding hydrogens is 204 g/mol. The molecule has 0 bridgehead atoms. The normalized spacial score (nSPS) is 18.2. The highest BCUT2D eigenvalue weighted by Crippen LogP contribution is 2.19. The molecule has 0 saturated carbocycles. The molecule has 1 heterocycles. The number of nitrogens with zero attached hydrogens (tertiary/aromatic N) is 2. The highest BCUT2D eigenvalue weighted by Gasteiger charge is 2.22. The van der Waals surface area contributed by atoms with Crippen LogP contribution in [-0.4, -0.2) is 25.7 Å². The molecule has 1 saturated heterocycles. The van der Waals surface area contributed by atoms with E-state index in [2.05, 4.69) is 15.6 Å². The van der Waals surface area contributed by atoms with E-state index in [-0.39, 0.29) is 6.03 Å². The lowest BCUT2D eigenvalue weighted by Gasteiger charge is -2.30. The van der Waals surface area contributed by atoms with E-state index in [4.69, 9.17) is 0 Å². The second kappa shape index (κ2) is 4.22. The predicted octanol–water partition coefficient (Wildman–Crippen LogP) is 1.06. The van der Waals surface area contributed by atoms with Crippen LogP contribution >= 0.6 is 0 Å². The molecule has 2 N–H and O–H groups in total. The first-order valence-electron chi connectivity index (χ1n) is 5.07. The fraction of sp³-hybridized carbons (Fsp3) is 0.273. The number of carbonyl (C=O) groups excluding carboxylic acids is 1. The van der Waals surface area contributed by atoms with Gasteiger partial charge < -0.3 is 5.32 Å². The van der Waals surface area contributed by atoms with Gasteiger partial charge in [-0.3, -0.25) is 15.2 Å². The van der Waals surface area contributed by atoms with Gasteiger partial charge in [-0.1, -0.05) is 18.2 Å². The van der Waals surface area contributed by atoms with Gasteiger partial charge in [0.05, 0.1) is 12.4 Å². The number of hydrogen-bond donors (Lipinski definition) is 2. The molecule has 2 amide bonds. The van der Waals surface area contributed by atoms with E-state index >= 15 is 0 Å². The third kappa shape index (κ3) is 1.84. The van der Waals surface area contributed by atoms with Crippen molar-refractivity contribution < 1.29 is 4.79 Å². The van der Waals surface area contributed by atoms with Crippen molar-refractivity contribution in [3.63, 3.8) is 0 Å². The molecule has 0 unspecified atom stereocenters. The van der Waals surface area contributed by atoms with E-state index in [1.165, 1.54) is 0 Å². The van der Waals surface area contributed by atoms with Gasteiger partial charge in [-0.05, 0) is 18.6 Å². The fourth-order valence-electron chi connectivity index (χ4n) is 1.63. The Bertz CT molecular complexity index is 441. The predicted molar refractivity (Wildman–Crippen MR) is 63.6 cm³/mol. The number of nitrogens with one attached hydrogen (secondary N) is 2. The van der Waals surface area contributed by atoms with Crippen molar-refractivity contribution in [3.8, 4) is 0 Å². The topological polar surface area (TPSA) is 56.7 Å². The maximum atomic E-state index is 11.8. The Labute approximate surface area is 94.2 Å². The van der Waals surface area contributed by atoms with Crippen molar-refractivity contribution in [3.05, 3.63) is 29.8 Å². The molecule has 5 heteroatoms. The molecule has 0 aromatic heterocycles. The standard InChI is InChI=1S/C11H14N4O/c1-8-5-3-4-6-9(8)15-7-13-10(12-2)14-11(15)16/h3-6H,7H2,1-2H3,(H2,12,13,14,16). The summed E-state index contributed by atoms with van der Waals surface area (Å²) in [6.07, 6.45) is 0. The molecule has 16 heavy (non-hydrogen) atoms. The van der Waals surface area contributed by atoms with E-state index < -0.39 is 0 Å². The lowest BCUT2D eigenvalue weighted by Crippen LogP contribution is -2.58. The van der Waals surface area contributed by atoms with Gasteiger partial charge in [-0.15, -0.1) is 0 Å². The molecule has 2 rings (SSSR count). The van der Waals surface area contributed by atoms with Crippen molar-refractivity contribution in [1.29, 1.82) is 0 Å². The minimum atomic E-state index is -0.159. The third-order valence-corrected chi connectivity index (χ3v) is 2.50. The number of benzene rings is 1. The minimum Gasteiger partial charge on any atom is -0.338 e. The van der Waals surface area contributed by atoms with E-state index in [0.29, 0.717) is 12.6 Å². The lowest BCUT2D eigenvalue weighted by molar-refractivity contribution is 0.248. The molecule has 0 spiro atoms. The average Bonchev–Trinajstić information content (AvgIpc) is 2.30. The van der Waals surface area contributed by atoms with E-state index in [9.17, 15) is 4.79 Å². The monoisotopic (exact) mass is 218 g/mol. The number of urea groups is 1. The van der Waals surface area contributed by atoms with Gasteiger partial charge in [-0.25, -0.2) is 4.79 Å². The SMILES string of the molecule is CN=C1NCN(c2ccccc2C)C(=O)N1. The molecule has 84 valence electrons. The van der Waals surface area contributed by atoms with Crippen LogP contribution in [-0.2, 0) is 0 Å². The van der Waals surface area contributed by atoms with Crippen molar-refractivity contribution in [2.24, 2.45) is 4.99 Å². The molecular formula is C11H14N4O. The first-order chi connectivity index (χ1) is 7.72. The van der Waals surface area contributed by atoms with Crippen LogP contribution in [0.1, 0.15) is 5.56 Å². The number of aliphatic imine (C=N–C) groups is 1.